The number of carbonyl (C=O) groups is 3. The van der Waals surface area contributed by atoms with Crippen molar-refractivity contribution in [1.29, 1.82) is 0 Å². The lowest BCUT2D eigenvalue weighted by atomic mass is 10.1. The highest BCUT2D eigenvalue weighted by molar-refractivity contribution is 6.14. The van der Waals surface area contributed by atoms with Crippen molar-refractivity contribution in [3.63, 3.8) is 0 Å². The first kappa shape index (κ1) is 21.4. The molecule has 30 heavy (non-hydrogen) atoms. The maximum atomic E-state index is 14.5. The van der Waals surface area contributed by atoms with Crippen molar-refractivity contribution < 1.29 is 36.3 Å². The Labute approximate surface area is 167 Å². The zero-order chi connectivity index (χ0) is 22.1. The first-order valence-corrected chi connectivity index (χ1v) is 8.73. The van der Waals surface area contributed by atoms with E-state index in [9.17, 15) is 36.3 Å². The van der Waals surface area contributed by atoms with Crippen molar-refractivity contribution in [2.45, 2.75) is 18.3 Å². The molecule has 1 saturated heterocycles. The highest BCUT2D eigenvalue weighted by atomic mass is 19.3. The minimum Gasteiger partial charge on any atom is -0.274 e. The summed E-state index contributed by atoms with van der Waals surface area (Å²) in [6, 6.07) is 7.89. The van der Waals surface area contributed by atoms with Gasteiger partial charge in [-0.05, 0) is 12.1 Å². The van der Waals surface area contributed by atoms with Crippen LogP contribution in [0.2, 0.25) is 0 Å². The Balaban J connectivity index is 1.83. The third-order valence-corrected chi connectivity index (χ3v) is 4.54. The van der Waals surface area contributed by atoms with Crippen LogP contribution in [-0.2, 0) is 21.4 Å². The molecule has 158 valence electrons. The van der Waals surface area contributed by atoms with Gasteiger partial charge in [0.05, 0.1) is 13.1 Å². The molecule has 4 amide bonds. The average Bonchev–Trinajstić information content (AvgIpc) is 2.69. The highest BCUT2D eigenvalue weighted by Gasteiger charge is 2.47. The van der Waals surface area contributed by atoms with Gasteiger partial charge in [-0.1, -0.05) is 42.5 Å². The zero-order valence-electron chi connectivity index (χ0n) is 15.3. The number of alkyl halides is 4. The number of benzene rings is 2. The zero-order valence-corrected chi connectivity index (χ0v) is 15.3. The van der Waals surface area contributed by atoms with Crippen LogP contribution in [0, 0.1) is 5.82 Å². The van der Waals surface area contributed by atoms with Gasteiger partial charge in [0.2, 0.25) is 11.8 Å². The second-order valence-corrected chi connectivity index (χ2v) is 6.70. The number of urea groups is 1. The van der Waals surface area contributed by atoms with Gasteiger partial charge in [-0.15, -0.1) is 0 Å². The first-order chi connectivity index (χ1) is 14.0. The third kappa shape index (κ3) is 4.32. The molecule has 10 heteroatoms. The van der Waals surface area contributed by atoms with E-state index in [1.54, 1.807) is 0 Å². The first-order valence-electron chi connectivity index (χ1n) is 8.73. The molecular weight excluding hydrogens is 411 g/mol. The lowest BCUT2D eigenvalue weighted by Gasteiger charge is -2.36. The number of rotatable bonds is 6. The fraction of sp³-hybridized carbons (Fsp3) is 0.250. The Bertz CT molecular complexity index is 964. The normalized spacial score (nSPS) is 15.7. The van der Waals surface area contributed by atoms with E-state index < -0.39 is 66.1 Å². The van der Waals surface area contributed by atoms with E-state index >= 15 is 0 Å². The average molecular weight is 426 g/mol. The van der Waals surface area contributed by atoms with E-state index in [0.717, 1.165) is 36.4 Å². The molecule has 1 aliphatic heterocycles. The number of imide groups is 2. The molecule has 0 unspecified atom stereocenters. The molecule has 0 spiro atoms. The molecule has 0 aliphatic carbocycles. The van der Waals surface area contributed by atoms with Crippen LogP contribution in [0.5, 0.6) is 0 Å². The van der Waals surface area contributed by atoms with Gasteiger partial charge in [-0.3, -0.25) is 19.4 Å². The van der Waals surface area contributed by atoms with Crippen LogP contribution in [0.3, 0.4) is 0 Å². The van der Waals surface area contributed by atoms with E-state index in [1.807, 2.05) is 0 Å². The quantitative estimate of drug-likeness (QED) is 0.520. The summed E-state index contributed by atoms with van der Waals surface area (Å²) in [7, 11) is 0. The van der Waals surface area contributed by atoms with Crippen LogP contribution < -0.4 is 0 Å². The van der Waals surface area contributed by atoms with Gasteiger partial charge in [0, 0.05) is 11.1 Å². The molecule has 2 aromatic carbocycles. The molecule has 0 radical (unpaired) electrons. The van der Waals surface area contributed by atoms with E-state index in [0.29, 0.717) is 0 Å². The Hall–Kier alpha value is -3.30. The second-order valence-electron chi connectivity index (χ2n) is 6.70. The van der Waals surface area contributed by atoms with E-state index in [4.69, 9.17) is 0 Å². The standard InChI is InChI=1S/C20H15F5N2O3/c21-15-8-6-14(7-9-15)20(24,25)12-27-17(29)10-16(28)26(18(27)30)11-19(22,23)13-4-2-1-3-5-13/h1-9H,10-12H2. The van der Waals surface area contributed by atoms with Gasteiger partial charge < -0.3 is 0 Å². The molecule has 5 nitrogen and oxygen atoms in total. The lowest BCUT2D eigenvalue weighted by Crippen LogP contribution is -2.59. The van der Waals surface area contributed by atoms with Crippen molar-refractivity contribution in [3.8, 4) is 0 Å². The van der Waals surface area contributed by atoms with Gasteiger partial charge in [-0.25, -0.2) is 9.18 Å². The molecule has 1 aliphatic rings. The summed E-state index contributed by atoms with van der Waals surface area (Å²) in [4.78, 5) is 36.7. The maximum Gasteiger partial charge on any atom is 0.333 e. The van der Waals surface area contributed by atoms with Gasteiger partial charge in [0.15, 0.2) is 0 Å². The predicted molar refractivity (Wildman–Crippen MR) is 94.1 cm³/mol. The summed E-state index contributed by atoms with van der Waals surface area (Å²) in [5.74, 6) is -10.6. The smallest absolute Gasteiger partial charge is 0.274 e. The predicted octanol–water partition coefficient (Wildman–Crippen LogP) is 3.89. The number of nitrogens with zero attached hydrogens (tertiary/aromatic N) is 2. The summed E-state index contributed by atoms with van der Waals surface area (Å²) in [5, 5.41) is 0. The Morgan fingerprint density at radius 2 is 1.13 bits per heavy atom. The van der Waals surface area contributed by atoms with Gasteiger partial charge in [0.1, 0.15) is 12.2 Å². The van der Waals surface area contributed by atoms with Crippen molar-refractivity contribution in [1.82, 2.24) is 9.80 Å². The number of barbiturate groups is 1. The van der Waals surface area contributed by atoms with Crippen molar-refractivity contribution in [2.75, 3.05) is 13.1 Å². The second kappa shape index (κ2) is 7.85. The molecular formula is C20H15F5N2O3. The van der Waals surface area contributed by atoms with Crippen LogP contribution in [0.15, 0.2) is 54.6 Å². The molecule has 0 atom stereocenters. The molecule has 3 rings (SSSR count). The number of carbonyl (C=O) groups excluding carboxylic acids is 3. The summed E-state index contributed by atoms with van der Waals surface area (Å²) >= 11 is 0. The fourth-order valence-electron chi connectivity index (χ4n) is 2.95. The van der Waals surface area contributed by atoms with Crippen LogP contribution in [0.1, 0.15) is 17.5 Å². The molecule has 0 bridgehead atoms. The molecule has 2 aromatic rings. The van der Waals surface area contributed by atoms with Gasteiger partial charge in [-0.2, -0.15) is 17.6 Å². The fourth-order valence-corrected chi connectivity index (χ4v) is 2.95. The summed E-state index contributed by atoms with van der Waals surface area (Å²) in [6.07, 6.45) is -1.00. The molecule has 0 aromatic heterocycles. The topological polar surface area (TPSA) is 57.7 Å². The Morgan fingerprint density at radius 3 is 1.60 bits per heavy atom. The molecule has 0 saturated carbocycles. The van der Waals surface area contributed by atoms with Gasteiger partial charge >= 0.3 is 6.03 Å². The van der Waals surface area contributed by atoms with E-state index in [-0.39, 0.29) is 9.80 Å². The number of halogens is 5. The number of hydrogen-bond donors (Lipinski definition) is 0. The van der Waals surface area contributed by atoms with Crippen molar-refractivity contribution in [2.24, 2.45) is 0 Å². The van der Waals surface area contributed by atoms with Crippen LogP contribution in [0.4, 0.5) is 26.7 Å². The third-order valence-electron chi connectivity index (χ3n) is 4.54. The SMILES string of the molecule is O=C1CC(=O)N(CC(F)(F)c2ccc(F)cc2)C(=O)N1CC(F)(F)c1ccccc1. The highest BCUT2D eigenvalue weighted by Crippen LogP contribution is 2.33. The van der Waals surface area contributed by atoms with Crippen LogP contribution >= 0.6 is 0 Å². The minimum absolute atomic E-state index is 0.0613. The van der Waals surface area contributed by atoms with Crippen LogP contribution in [-0.4, -0.2) is 40.7 Å². The summed E-state index contributed by atoms with van der Waals surface area (Å²) < 4.78 is 71.1. The lowest BCUT2D eigenvalue weighted by molar-refractivity contribution is -0.149. The minimum atomic E-state index is -3.78. The summed E-state index contributed by atoms with van der Waals surface area (Å²) in [5.41, 5.74) is -1.16. The molecule has 1 heterocycles. The maximum absolute atomic E-state index is 14.5. The monoisotopic (exact) mass is 426 g/mol. The summed E-state index contributed by atoms with van der Waals surface area (Å²) in [6.45, 7) is -2.88. The van der Waals surface area contributed by atoms with E-state index in [1.165, 1.54) is 18.2 Å². The Morgan fingerprint density at radius 1 is 0.700 bits per heavy atom. The molecule has 1 fully saturated rings. The Kier molecular flexibility index (Phi) is 5.60. The largest absolute Gasteiger partial charge is 0.333 e. The van der Waals surface area contributed by atoms with Crippen LogP contribution in [0.25, 0.3) is 0 Å². The number of hydrogen-bond acceptors (Lipinski definition) is 3. The molecule has 0 N–H and O–H groups in total. The van der Waals surface area contributed by atoms with Crippen molar-refractivity contribution in [3.05, 3.63) is 71.5 Å². The van der Waals surface area contributed by atoms with Crippen molar-refractivity contribution >= 4 is 17.8 Å². The number of amides is 4. The van der Waals surface area contributed by atoms with Gasteiger partial charge in [0.25, 0.3) is 11.8 Å². The van der Waals surface area contributed by atoms with E-state index in [2.05, 4.69) is 0 Å².